The standard InChI is InChI=1S/C20H19ClN4O2.C20H19FN4O2/c21-15-3-1-2-14(10-15)17-11-18(25-24-17)20(26)23-16-6-4-13(5-7-16)19-12-22-8-9-27-19;21-15-5-1-13(2-6-15)17-11-18(25-24-17)20(26)23-16-7-3-14(4-8-16)19-12-22-9-10-27-19/h1-7,10-11,19,22H,8-9,12H2,(H,23,26)(H,24,25);1-8,11,19,22H,9-10,12H2,(H,23,26)(H,24,25)/t2*19-/m11/s1. The number of rotatable bonds is 8. The van der Waals surface area contributed by atoms with E-state index < -0.39 is 0 Å². The minimum atomic E-state index is -0.315. The maximum absolute atomic E-state index is 13.0. The van der Waals surface area contributed by atoms with Crippen molar-refractivity contribution in [1.82, 2.24) is 31.0 Å². The number of aromatic nitrogens is 4. The molecular weight excluding hydrogens is 711 g/mol. The summed E-state index contributed by atoms with van der Waals surface area (Å²) in [6.45, 7) is 4.73. The summed E-state index contributed by atoms with van der Waals surface area (Å²) in [5, 5.41) is 26.7. The fraction of sp³-hybridized carbons (Fsp3) is 0.200. The molecule has 2 saturated heterocycles. The molecule has 2 atom stereocenters. The summed E-state index contributed by atoms with van der Waals surface area (Å²) >= 11 is 6.01. The Labute approximate surface area is 315 Å². The van der Waals surface area contributed by atoms with E-state index in [9.17, 15) is 14.0 Å². The molecule has 2 fully saturated rings. The zero-order valence-corrected chi connectivity index (χ0v) is 29.8. The van der Waals surface area contributed by atoms with Gasteiger partial charge in [-0.15, -0.1) is 0 Å². The van der Waals surface area contributed by atoms with Gasteiger partial charge in [-0.1, -0.05) is 48.0 Å². The third kappa shape index (κ3) is 9.44. The van der Waals surface area contributed by atoms with Crippen LogP contribution in [0.5, 0.6) is 0 Å². The van der Waals surface area contributed by atoms with E-state index in [0.29, 0.717) is 52.4 Å². The van der Waals surface area contributed by atoms with Gasteiger partial charge in [0.15, 0.2) is 0 Å². The number of anilines is 2. The van der Waals surface area contributed by atoms with E-state index in [4.69, 9.17) is 21.1 Å². The largest absolute Gasteiger partial charge is 0.371 e. The number of ether oxygens (including phenoxy) is 2. The first kappa shape index (κ1) is 36.6. The highest BCUT2D eigenvalue weighted by molar-refractivity contribution is 6.30. The lowest BCUT2D eigenvalue weighted by atomic mass is 10.1. The van der Waals surface area contributed by atoms with E-state index in [2.05, 4.69) is 41.7 Å². The molecule has 4 heterocycles. The SMILES string of the molecule is O=C(Nc1ccc([C@H]2CNCCO2)cc1)c1cc(-c2ccc(F)cc2)n[nH]1.O=C(Nc1ccc([C@H]2CNCCO2)cc1)c1cc(-c2cccc(Cl)c2)n[nH]1. The number of aromatic amines is 2. The van der Waals surface area contributed by atoms with Gasteiger partial charge in [0.25, 0.3) is 11.8 Å². The summed E-state index contributed by atoms with van der Waals surface area (Å²) in [7, 11) is 0. The summed E-state index contributed by atoms with van der Waals surface area (Å²) < 4.78 is 24.5. The second-order valence-corrected chi connectivity index (χ2v) is 13.1. The predicted octanol–water partition coefficient (Wildman–Crippen LogP) is 6.77. The summed E-state index contributed by atoms with van der Waals surface area (Å²) in [5.41, 5.74) is 7.10. The summed E-state index contributed by atoms with van der Waals surface area (Å²) in [4.78, 5) is 24.9. The lowest BCUT2D eigenvalue weighted by Gasteiger charge is -2.24. The number of hydrogen-bond acceptors (Lipinski definition) is 8. The number of carbonyl (C=O) groups excluding carboxylic acids is 2. The van der Waals surface area contributed by atoms with Crippen LogP contribution < -0.4 is 21.3 Å². The van der Waals surface area contributed by atoms with Crippen LogP contribution in [-0.2, 0) is 9.47 Å². The summed E-state index contributed by atoms with van der Waals surface area (Å²) in [6.07, 6.45) is 0.0886. The molecule has 54 heavy (non-hydrogen) atoms. The first-order valence-corrected chi connectivity index (χ1v) is 17.9. The Balaban J connectivity index is 0.000000167. The maximum Gasteiger partial charge on any atom is 0.273 e. The molecule has 8 rings (SSSR count). The number of morpholine rings is 2. The van der Waals surface area contributed by atoms with Crippen molar-refractivity contribution in [2.45, 2.75) is 12.2 Å². The molecule has 0 spiro atoms. The highest BCUT2D eigenvalue weighted by Gasteiger charge is 2.18. The smallest absolute Gasteiger partial charge is 0.273 e. The van der Waals surface area contributed by atoms with Gasteiger partial charge in [-0.05, 0) is 83.9 Å². The van der Waals surface area contributed by atoms with Gasteiger partial charge in [-0.25, -0.2) is 4.39 Å². The Morgan fingerprint density at radius 1 is 0.648 bits per heavy atom. The van der Waals surface area contributed by atoms with Crippen molar-refractivity contribution in [2.75, 3.05) is 50.0 Å². The van der Waals surface area contributed by atoms with Crippen molar-refractivity contribution in [1.29, 1.82) is 0 Å². The average molecular weight is 749 g/mol. The molecule has 0 saturated carbocycles. The number of carbonyl (C=O) groups is 2. The molecule has 2 aliphatic rings. The second kappa shape index (κ2) is 17.4. The predicted molar refractivity (Wildman–Crippen MR) is 205 cm³/mol. The van der Waals surface area contributed by atoms with Gasteiger partial charge in [0.2, 0.25) is 0 Å². The second-order valence-electron chi connectivity index (χ2n) is 12.6. The molecule has 0 aliphatic carbocycles. The molecule has 0 unspecified atom stereocenters. The Kier molecular flexibility index (Phi) is 11.8. The van der Waals surface area contributed by atoms with Crippen molar-refractivity contribution < 1.29 is 23.5 Å². The number of H-pyrrole nitrogens is 2. The molecular formula is C40H38ClFN8O4. The average Bonchev–Trinajstić information content (AvgIpc) is 3.92. The lowest BCUT2D eigenvalue weighted by molar-refractivity contribution is 0.0276. The number of nitrogens with zero attached hydrogens (tertiary/aromatic N) is 2. The van der Waals surface area contributed by atoms with E-state index in [-0.39, 0.29) is 29.8 Å². The molecule has 0 bridgehead atoms. The number of halogens is 2. The van der Waals surface area contributed by atoms with Gasteiger partial charge in [0.1, 0.15) is 17.2 Å². The fourth-order valence-electron chi connectivity index (χ4n) is 5.96. The third-order valence-electron chi connectivity index (χ3n) is 8.84. The van der Waals surface area contributed by atoms with Crippen LogP contribution >= 0.6 is 11.6 Å². The van der Waals surface area contributed by atoms with Crippen LogP contribution in [0.2, 0.25) is 5.02 Å². The van der Waals surface area contributed by atoms with Crippen LogP contribution in [0, 0.1) is 5.82 Å². The number of nitrogens with one attached hydrogen (secondary N) is 6. The van der Waals surface area contributed by atoms with Crippen LogP contribution in [0.15, 0.2) is 109 Å². The van der Waals surface area contributed by atoms with Crippen molar-refractivity contribution in [3.8, 4) is 22.5 Å². The highest BCUT2D eigenvalue weighted by atomic mass is 35.5. The Morgan fingerprint density at radius 3 is 1.61 bits per heavy atom. The number of hydrogen-bond donors (Lipinski definition) is 6. The van der Waals surface area contributed by atoms with E-state index in [1.54, 1.807) is 36.4 Å². The third-order valence-corrected chi connectivity index (χ3v) is 9.08. The first-order chi connectivity index (χ1) is 26.4. The molecule has 2 aliphatic heterocycles. The topological polar surface area (TPSA) is 158 Å². The van der Waals surface area contributed by atoms with Crippen LogP contribution in [0.4, 0.5) is 15.8 Å². The van der Waals surface area contributed by atoms with Crippen molar-refractivity contribution in [3.05, 3.63) is 143 Å². The van der Waals surface area contributed by atoms with Gasteiger partial charge in [0.05, 0.1) is 36.8 Å². The van der Waals surface area contributed by atoms with Crippen LogP contribution in [0.1, 0.15) is 44.3 Å². The van der Waals surface area contributed by atoms with Gasteiger partial charge in [-0.3, -0.25) is 19.8 Å². The van der Waals surface area contributed by atoms with Crippen molar-refractivity contribution in [2.24, 2.45) is 0 Å². The molecule has 6 aromatic rings. The zero-order chi connectivity index (χ0) is 37.3. The van der Waals surface area contributed by atoms with Crippen molar-refractivity contribution >= 4 is 34.8 Å². The zero-order valence-electron chi connectivity index (χ0n) is 29.1. The maximum atomic E-state index is 13.0. The molecule has 2 aromatic heterocycles. The molecule has 6 N–H and O–H groups in total. The van der Waals surface area contributed by atoms with Gasteiger partial charge in [-0.2, -0.15) is 10.2 Å². The molecule has 0 radical (unpaired) electrons. The monoisotopic (exact) mass is 748 g/mol. The quantitative estimate of drug-likeness (QED) is 0.0996. The summed E-state index contributed by atoms with van der Waals surface area (Å²) in [6, 6.07) is 31.9. The first-order valence-electron chi connectivity index (χ1n) is 17.5. The number of amides is 2. The Morgan fingerprint density at radius 2 is 1.15 bits per heavy atom. The minimum absolute atomic E-state index is 0.0365. The Bertz CT molecular complexity index is 2160. The fourth-order valence-corrected chi connectivity index (χ4v) is 6.15. The highest BCUT2D eigenvalue weighted by Crippen LogP contribution is 2.25. The Hall–Kier alpha value is -5.70. The van der Waals surface area contributed by atoms with Gasteiger partial charge in [0, 0.05) is 53.7 Å². The van der Waals surface area contributed by atoms with Gasteiger partial charge >= 0.3 is 0 Å². The van der Waals surface area contributed by atoms with E-state index in [1.807, 2.05) is 60.7 Å². The molecule has 2 amide bonds. The van der Waals surface area contributed by atoms with Gasteiger partial charge < -0.3 is 30.7 Å². The number of benzene rings is 4. The van der Waals surface area contributed by atoms with E-state index in [0.717, 1.165) is 48.4 Å². The van der Waals surface area contributed by atoms with Crippen LogP contribution in [0.3, 0.4) is 0 Å². The summed E-state index contributed by atoms with van der Waals surface area (Å²) in [5.74, 6) is -0.858. The molecule has 14 heteroatoms. The normalized spacial score (nSPS) is 16.9. The molecule has 4 aromatic carbocycles. The van der Waals surface area contributed by atoms with Crippen LogP contribution in [0.25, 0.3) is 22.5 Å². The van der Waals surface area contributed by atoms with Crippen LogP contribution in [-0.4, -0.2) is 71.6 Å². The molecule has 276 valence electrons. The van der Waals surface area contributed by atoms with E-state index in [1.165, 1.54) is 12.1 Å². The minimum Gasteiger partial charge on any atom is -0.371 e. The van der Waals surface area contributed by atoms with E-state index >= 15 is 0 Å². The van der Waals surface area contributed by atoms with Crippen molar-refractivity contribution in [3.63, 3.8) is 0 Å². The molecule has 12 nitrogen and oxygen atoms in total. The lowest BCUT2D eigenvalue weighted by Crippen LogP contribution is -2.33.